The second-order valence-electron chi connectivity index (χ2n) is 4.87. The fourth-order valence-electron chi connectivity index (χ4n) is 2.25. The summed E-state index contributed by atoms with van der Waals surface area (Å²) in [5, 5.41) is 9.14. The number of rotatable bonds is 5. The van der Waals surface area contributed by atoms with Crippen LogP contribution >= 0.6 is 0 Å². The first kappa shape index (κ1) is 13.3. The minimum absolute atomic E-state index is 0.0556. The van der Waals surface area contributed by atoms with Crippen molar-refractivity contribution in [3.05, 3.63) is 54.1 Å². The molecule has 19 heavy (non-hydrogen) atoms. The predicted octanol–water partition coefficient (Wildman–Crippen LogP) is 3.07. The molecule has 1 N–H and O–H groups in total. The highest BCUT2D eigenvalue weighted by Crippen LogP contribution is 2.26. The standard InChI is InChI=1S/C15H18N2O2/c1-11(2)15-16-8-9-17(15)13(10-14(18)19)12-6-4-3-5-7-12/h3-9,11,13H,10H2,1-2H3,(H,18,19). The van der Waals surface area contributed by atoms with Crippen molar-refractivity contribution in [3.63, 3.8) is 0 Å². The molecule has 2 aromatic rings. The van der Waals surface area contributed by atoms with E-state index in [9.17, 15) is 4.79 Å². The highest BCUT2D eigenvalue weighted by molar-refractivity contribution is 5.68. The molecule has 0 bridgehead atoms. The van der Waals surface area contributed by atoms with E-state index in [1.54, 1.807) is 6.20 Å². The van der Waals surface area contributed by atoms with E-state index in [1.807, 2.05) is 41.1 Å². The van der Waals surface area contributed by atoms with E-state index in [-0.39, 0.29) is 18.4 Å². The van der Waals surface area contributed by atoms with Gasteiger partial charge < -0.3 is 9.67 Å². The van der Waals surface area contributed by atoms with Crippen LogP contribution in [0.25, 0.3) is 0 Å². The lowest BCUT2D eigenvalue weighted by molar-refractivity contribution is -0.137. The summed E-state index contributed by atoms with van der Waals surface area (Å²) < 4.78 is 1.97. The molecule has 0 aliphatic heterocycles. The molecule has 1 aromatic heterocycles. The van der Waals surface area contributed by atoms with Crippen LogP contribution in [0.2, 0.25) is 0 Å². The topological polar surface area (TPSA) is 55.1 Å². The minimum Gasteiger partial charge on any atom is -0.481 e. The Morgan fingerprint density at radius 2 is 2.00 bits per heavy atom. The van der Waals surface area contributed by atoms with Gasteiger partial charge in [0, 0.05) is 18.3 Å². The van der Waals surface area contributed by atoms with Crippen LogP contribution in [0.3, 0.4) is 0 Å². The van der Waals surface area contributed by atoms with Crippen LogP contribution in [0.15, 0.2) is 42.7 Å². The summed E-state index contributed by atoms with van der Waals surface area (Å²) in [6, 6.07) is 9.49. The second kappa shape index (κ2) is 5.69. The van der Waals surface area contributed by atoms with E-state index in [1.165, 1.54) is 0 Å². The van der Waals surface area contributed by atoms with E-state index >= 15 is 0 Å². The number of carboxylic acids is 1. The van der Waals surface area contributed by atoms with Crippen molar-refractivity contribution in [2.24, 2.45) is 0 Å². The summed E-state index contributed by atoms with van der Waals surface area (Å²) in [7, 11) is 0. The van der Waals surface area contributed by atoms with Gasteiger partial charge in [-0.05, 0) is 5.56 Å². The molecule has 0 saturated heterocycles. The molecule has 0 radical (unpaired) electrons. The number of benzene rings is 1. The first-order valence-corrected chi connectivity index (χ1v) is 6.39. The third kappa shape index (κ3) is 3.02. The van der Waals surface area contributed by atoms with Gasteiger partial charge in [-0.2, -0.15) is 0 Å². The van der Waals surface area contributed by atoms with Crippen molar-refractivity contribution in [3.8, 4) is 0 Å². The number of carboxylic acid groups (broad SMARTS) is 1. The molecule has 1 unspecified atom stereocenters. The molecule has 4 nitrogen and oxygen atoms in total. The van der Waals surface area contributed by atoms with Gasteiger partial charge in [0.2, 0.25) is 0 Å². The largest absolute Gasteiger partial charge is 0.481 e. The Hall–Kier alpha value is -2.10. The third-order valence-corrected chi connectivity index (χ3v) is 3.10. The molecule has 1 heterocycles. The van der Waals surface area contributed by atoms with Crippen molar-refractivity contribution < 1.29 is 9.90 Å². The Morgan fingerprint density at radius 3 is 2.58 bits per heavy atom. The molecule has 0 fully saturated rings. The van der Waals surface area contributed by atoms with E-state index in [0.717, 1.165) is 11.4 Å². The molecule has 2 rings (SSSR count). The van der Waals surface area contributed by atoms with Crippen LogP contribution in [0.4, 0.5) is 0 Å². The van der Waals surface area contributed by atoms with Crippen LogP contribution in [0.1, 0.15) is 43.6 Å². The average molecular weight is 258 g/mol. The Kier molecular flexibility index (Phi) is 4.00. The van der Waals surface area contributed by atoms with Gasteiger partial charge in [-0.15, -0.1) is 0 Å². The molecule has 0 amide bonds. The Balaban J connectivity index is 2.43. The van der Waals surface area contributed by atoms with Crippen LogP contribution in [0, 0.1) is 0 Å². The number of carbonyl (C=O) groups is 1. The van der Waals surface area contributed by atoms with E-state index in [2.05, 4.69) is 18.8 Å². The van der Waals surface area contributed by atoms with Crippen LogP contribution < -0.4 is 0 Å². The van der Waals surface area contributed by atoms with E-state index in [4.69, 9.17) is 5.11 Å². The summed E-state index contributed by atoms with van der Waals surface area (Å²) in [5.74, 6) is 0.363. The maximum absolute atomic E-state index is 11.1. The first-order chi connectivity index (χ1) is 9.09. The van der Waals surface area contributed by atoms with Gasteiger partial charge >= 0.3 is 5.97 Å². The lowest BCUT2D eigenvalue weighted by Crippen LogP contribution is -2.17. The average Bonchev–Trinajstić information content (AvgIpc) is 2.86. The van der Waals surface area contributed by atoms with Gasteiger partial charge in [-0.1, -0.05) is 44.2 Å². The van der Waals surface area contributed by atoms with Gasteiger partial charge in [-0.3, -0.25) is 4.79 Å². The molecule has 100 valence electrons. The number of hydrogen-bond acceptors (Lipinski definition) is 2. The van der Waals surface area contributed by atoms with Gasteiger partial charge in [0.05, 0.1) is 12.5 Å². The van der Waals surface area contributed by atoms with Crippen molar-refractivity contribution >= 4 is 5.97 Å². The fraction of sp³-hybridized carbons (Fsp3) is 0.333. The Bertz CT molecular complexity index is 546. The number of hydrogen-bond donors (Lipinski definition) is 1. The number of aromatic nitrogens is 2. The molecule has 0 aliphatic rings. The normalized spacial score (nSPS) is 12.6. The van der Waals surface area contributed by atoms with E-state index in [0.29, 0.717) is 0 Å². The lowest BCUT2D eigenvalue weighted by atomic mass is 10.0. The molecular formula is C15H18N2O2. The van der Waals surface area contributed by atoms with E-state index < -0.39 is 5.97 Å². The molecule has 0 saturated carbocycles. The van der Waals surface area contributed by atoms with Crippen LogP contribution in [0.5, 0.6) is 0 Å². The van der Waals surface area contributed by atoms with Crippen LogP contribution in [-0.2, 0) is 4.79 Å². The van der Waals surface area contributed by atoms with Crippen LogP contribution in [-0.4, -0.2) is 20.6 Å². The maximum atomic E-state index is 11.1. The molecule has 1 aromatic carbocycles. The zero-order valence-corrected chi connectivity index (χ0v) is 11.2. The highest BCUT2D eigenvalue weighted by atomic mass is 16.4. The van der Waals surface area contributed by atoms with Crippen molar-refractivity contribution in [2.45, 2.75) is 32.2 Å². The quantitative estimate of drug-likeness (QED) is 0.896. The van der Waals surface area contributed by atoms with Gasteiger partial charge in [0.1, 0.15) is 5.82 Å². The van der Waals surface area contributed by atoms with Gasteiger partial charge in [0.25, 0.3) is 0 Å². The van der Waals surface area contributed by atoms with Crippen molar-refractivity contribution in [1.29, 1.82) is 0 Å². The SMILES string of the molecule is CC(C)c1nccn1C(CC(=O)O)c1ccccc1. The van der Waals surface area contributed by atoms with Crippen molar-refractivity contribution in [2.75, 3.05) is 0 Å². The zero-order chi connectivity index (χ0) is 13.8. The summed E-state index contributed by atoms with van der Waals surface area (Å²) in [4.78, 5) is 15.5. The van der Waals surface area contributed by atoms with Gasteiger partial charge in [0.15, 0.2) is 0 Å². The fourth-order valence-corrected chi connectivity index (χ4v) is 2.25. The smallest absolute Gasteiger partial charge is 0.305 e. The number of imidazole rings is 1. The second-order valence-corrected chi connectivity index (χ2v) is 4.87. The molecular weight excluding hydrogens is 240 g/mol. The highest BCUT2D eigenvalue weighted by Gasteiger charge is 2.20. The molecule has 4 heteroatoms. The number of aliphatic carboxylic acids is 1. The predicted molar refractivity (Wildman–Crippen MR) is 73.1 cm³/mol. The minimum atomic E-state index is -0.808. The number of nitrogens with zero attached hydrogens (tertiary/aromatic N) is 2. The molecule has 1 atom stereocenters. The zero-order valence-electron chi connectivity index (χ0n) is 11.2. The Morgan fingerprint density at radius 1 is 1.32 bits per heavy atom. The Labute approximate surface area is 112 Å². The summed E-state index contributed by atoms with van der Waals surface area (Å²) in [6.45, 7) is 4.11. The lowest BCUT2D eigenvalue weighted by Gasteiger charge is -2.21. The molecule has 0 spiro atoms. The van der Waals surface area contributed by atoms with Crippen molar-refractivity contribution in [1.82, 2.24) is 9.55 Å². The maximum Gasteiger partial charge on any atom is 0.305 e. The van der Waals surface area contributed by atoms with Gasteiger partial charge in [-0.25, -0.2) is 4.98 Å². The third-order valence-electron chi connectivity index (χ3n) is 3.10. The summed E-state index contributed by atoms with van der Waals surface area (Å²) >= 11 is 0. The first-order valence-electron chi connectivity index (χ1n) is 6.39. The monoisotopic (exact) mass is 258 g/mol. The summed E-state index contributed by atoms with van der Waals surface area (Å²) in [6.07, 6.45) is 3.64. The molecule has 0 aliphatic carbocycles. The summed E-state index contributed by atoms with van der Waals surface area (Å²) in [5.41, 5.74) is 0.991.